The van der Waals surface area contributed by atoms with E-state index in [1.165, 1.54) is 0 Å². The van der Waals surface area contributed by atoms with Gasteiger partial charge in [0.1, 0.15) is 6.61 Å². The van der Waals surface area contributed by atoms with Gasteiger partial charge in [0.25, 0.3) is 0 Å². The third-order valence-electron chi connectivity index (χ3n) is 1.66. The molecule has 0 radical (unpaired) electrons. The molecule has 0 atom stereocenters. The first-order chi connectivity index (χ1) is 6.07. The second-order valence-electron chi connectivity index (χ2n) is 3.32. The number of amides is 1. The number of likely N-dealkylation sites (N-methyl/N-ethyl adjacent to an activating group) is 1. The zero-order chi connectivity index (χ0) is 10.3. The number of nitrogens with two attached hydrogens (primary N) is 1. The van der Waals surface area contributed by atoms with Crippen LogP contribution in [0.25, 0.3) is 0 Å². The highest BCUT2D eigenvalue weighted by atomic mass is 16.5. The first-order valence-electron chi connectivity index (χ1n) is 4.63. The summed E-state index contributed by atoms with van der Waals surface area (Å²) in [5, 5.41) is 0. The molecule has 0 saturated heterocycles. The molecule has 0 aromatic heterocycles. The van der Waals surface area contributed by atoms with Crippen molar-refractivity contribution in [2.24, 2.45) is 5.73 Å². The van der Waals surface area contributed by atoms with Gasteiger partial charge in [-0.3, -0.25) is 4.79 Å². The summed E-state index contributed by atoms with van der Waals surface area (Å²) in [7, 11) is 1.77. The van der Waals surface area contributed by atoms with Crippen LogP contribution in [0, 0.1) is 0 Å². The molecular formula is C9H20N2O2. The molecule has 0 heterocycles. The van der Waals surface area contributed by atoms with Crippen LogP contribution in [0.5, 0.6) is 0 Å². The molecule has 0 aromatic carbocycles. The van der Waals surface area contributed by atoms with Crippen molar-refractivity contribution in [2.75, 3.05) is 26.7 Å². The van der Waals surface area contributed by atoms with Crippen molar-refractivity contribution in [3.63, 3.8) is 0 Å². The Hall–Kier alpha value is -0.610. The van der Waals surface area contributed by atoms with Gasteiger partial charge in [0.15, 0.2) is 0 Å². The number of rotatable bonds is 6. The molecule has 0 bridgehead atoms. The second kappa shape index (κ2) is 6.86. The van der Waals surface area contributed by atoms with Crippen LogP contribution in [0.2, 0.25) is 0 Å². The van der Waals surface area contributed by atoms with E-state index in [9.17, 15) is 4.79 Å². The van der Waals surface area contributed by atoms with Gasteiger partial charge in [0.05, 0.1) is 6.10 Å². The van der Waals surface area contributed by atoms with Crippen molar-refractivity contribution in [3.05, 3.63) is 0 Å². The molecule has 0 aromatic rings. The highest BCUT2D eigenvalue weighted by molar-refractivity contribution is 5.77. The highest BCUT2D eigenvalue weighted by Crippen LogP contribution is 1.92. The number of ether oxygens (including phenoxy) is 1. The van der Waals surface area contributed by atoms with E-state index in [0.29, 0.717) is 13.1 Å². The van der Waals surface area contributed by atoms with Gasteiger partial charge in [-0.2, -0.15) is 0 Å². The average molecular weight is 188 g/mol. The fraction of sp³-hybridized carbons (Fsp3) is 0.889. The van der Waals surface area contributed by atoms with E-state index < -0.39 is 0 Å². The Morgan fingerprint density at radius 3 is 2.62 bits per heavy atom. The molecule has 1 amide bonds. The van der Waals surface area contributed by atoms with Crippen LogP contribution in [0.15, 0.2) is 0 Å². The van der Waals surface area contributed by atoms with Crippen LogP contribution in [0.4, 0.5) is 0 Å². The smallest absolute Gasteiger partial charge is 0.248 e. The predicted octanol–water partition coefficient (Wildman–Crippen LogP) is 0.219. The summed E-state index contributed by atoms with van der Waals surface area (Å²) >= 11 is 0. The molecule has 0 aliphatic rings. The van der Waals surface area contributed by atoms with Crippen LogP contribution in [-0.2, 0) is 9.53 Å². The third-order valence-corrected chi connectivity index (χ3v) is 1.66. The summed E-state index contributed by atoms with van der Waals surface area (Å²) in [4.78, 5) is 13.0. The Kier molecular flexibility index (Phi) is 6.54. The molecule has 0 fully saturated rings. The lowest BCUT2D eigenvalue weighted by atomic mass is 10.4. The molecule has 0 aliphatic carbocycles. The van der Waals surface area contributed by atoms with E-state index in [1.807, 2.05) is 13.8 Å². The van der Waals surface area contributed by atoms with Gasteiger partial charge in [0.2, 0.25) is 5.91 Å². The van der Waals surface area contributed by atoms with E-state index >= 15 is 0 Å². The molecule has 2 N–H and O–H groups in total. The summed E-state index contributed by atoms with van der Waals surface area (Å²) in [5.41, 5.74) is 5.33. The van der Waals surface area contributed by atoms with E-state index in [-0.39, 0.29) is 18.6 Å². The monoisotopic (exact) mass is 188 g/mol. The topological polar surface area (TPSA) is 55.6 Å². The first kappa shape index (κ1) is 12.4. The van der Waals surface area contributed by atoms with Crippen molar-refractivity contribution < 1.29 is 9.53 Å². The lowest BCUT2D eigenvalue weighted by Gasteiger charge is -2.17. The number of nitrogens with zero attached hydrogens (tertiary/aromatic N) is 1. The maximum Gasteiger partial charge on any atom is 0.248 e. The fourth-order valence-electron chi connectivity index (χ4n) is 0.801. The van der Waals surface area contributed by atoms with Crippen LogP contribution in [0.1, 0.15) is 20.3 Å². The number of carbonyl (C=O) groups excluding carboxylic acids is 1. The maximum absolute atomic E-state index is 11.3. The number of carbonyl (C=O) groups is 1. The van der Waals surface area contributed by atoms with E-state index in [0.717, 1.165) is 6.42 Å². The zero-order valence-corrected chi connectivity index (χ0v) is 8.75. The lowest BCUT2D eigenvalue weighted by molar-refractivity contribution is -0.136. The standard InChI is InChI=1S/C9H20N2O2/c1-8(2)13-7-9(12)11(3)6-4-5-10/h8H,4-7,10H2,1-3H3. The fourth-order valence-corrected chi connectivity index (χ4v) is 0.801. The van der Waals surface area contributed by atoms with Crippen LogP contribution < -0.4 is 5.73 Å². The average Bonchev–Trinajstić information content (AvgIpc) is 2.10. The van der Waals surface area contributed by atoms with Gasteiger partial charge in [0, 0.05) is 13.6 Å². The van der Waals surface area contributed by atoms with Crippen molar-refractivity contribution in [2.45, 2.75) is 26.4 Å². The third kappa shape index (κ3) is 6.54. The zero-order valence-electron chi connectivity index (χ0n) is 8.75. The van der Waals surface area contributed by atoms with E-state index in [4.69, 9.17) is 10.5 Å². The van der Waals surface area contributed by atoms with Crippen molar-refractivity contribution >= 4 is 5.91 Å². The SMILES string of the molecule is CC(C)OCC(=O)N(C)CCCN. The Labute approximate surface area is 80.0 Å². The molecule has 4 heteroatoms. The lowest BCUT2D eigenvalue weighted by Crippen LogP contribution is -2.32. The van der Waals surface area contributed by atoms with Crippen molar-refractivity contribution in [1.82, 2.24) is 4.90 Å². The van der Waals surface area contributed by atoms with Gasteiger partial charge in [-0.1, -0.05) is 0 Å². The largest absolute Gasteiger partial charge is 0.369 e. The Morgan fingerprint density at radius 2 is 2.15 bits per heavy atom. The Morgan fingerprint density at radius 1 is 1.54 bits per heavy atom. The molecule has 0 unspecified atom stereocenters. The Balaban J connectivity index is 3.57. The molecule has 0 aliphatic heterocycles. The van der Waals surface area contributed by atoms with Gasteiger partial charge in [-0.15, -0.1) is 0 Å². The molecule has 0 spiro atoms. The Bertz CT molecular complexity index is 149. The van der Waals surface area contributed by atoms with Crippen LogP contribution in [-0.4, -0.2) is 43.7 Å². The summed E-state index contributed by atoms with van der Waals surface area (Å²) in [5.74, 6) is 0.0159. The quantitative estimate of drug-likeness (QED) is 0.648. The van der Waals surface area contributed by atoms with Gasteiger partial charge in [-0.25, -0.2) is 0 Å². The van der Waals surface area contributed by atoms with Gasteiger partial charge >= 0.3 is 0 Å². The van der Waals surface area contributed by atoms with E-state index in [2.05, 4.69) is 0 Å². The molecule has 13 heavy (non-hydrogen) atoms. The van der Waals surface area contributed by atoms with Crippen LogP contribution >= 0.6 is 0 Å². The summed E-state index contributed by atoms with van der Waals surface area (Å²) in [6, 6.07) is 0. The van der Waals surface area contributed by atoms with Gasteiger partial charge in [-0.05, 0) is 26.8 Å². The second-order valence-corrected chi connectivity index (χ2v) is 3.32. The normalized spacial score (nSPS) is 10.5. The van der Waals surface area contributed by atoms with Crippen LogP contribution in [0.3, 0.4) is 0 Å². The van der Waals surface area contributed by atoms with Gasteiger partial charge < -0.3 is 15.4 Å². The first-order valence-corrected chi connectivity index (χ1v) is 4.63. The summed E-state index contributed by atoms with van der Waals surface area (Å²) in [6.07, 6.45) is 0.941. The maximum atomic E-state index is 11.3. The minimum atomic E-state index is 0.0159. The molecule has 4 nitrogen and oxygen atoms in total. The molecular weight excluding hydrogens is 168 g/mol. The minimum absolute atomic E-state index is 0.0159. The van der Waals surface area contributed by atoms with Crippen molar-refractivity contribution in [3.8, 4) is 0 Å². The number of hydrogen-bond donors (Lipinski definition) is 1. The summed E-state index contributed by atoms with van der Waals surface area (Å²) < 4.78 is 5.18. The molecule has 0 saturated carbocycles. The highest BCUT2D eigenvalue weighted by Gasteiger charge is 2.08. The molecule has 78 valence electrons. The minimum Gasteiger partial charge on any atom is -0.369 e. The van der Waals surface area contributed by atoms with E-state index in [1.54, 1.807) is 11.9 Å². The molecule has 0 rings (SSSR count). The number of hydrogen-bond acceptors (Lipinski definition) is 3. The summed E-state index contributed by atoms with van der Waals surface area (Å²) in [6.45, 7) is 5.30. The predicted molar refractivity (Wildman–Crippen MR) is 52.4 cm³/mol. The van der Waals surface area contributed by atoms with Crippen molar-refractivity contribution in [1.29, 1.82) is 0 Å².